The first-order chi connectivity index (χ1) is 22.7. The molecule has 0 N–H and O–H groups in total. The van der Waals surface area contributed by atoms with Gasteiger partial charge in [0.25, 0.3) is 0 Å². The molecule has 264 valence electrons. The monoisotopic (exact) mass is 681 g/mol. The molecule has 10 heteroatoms. The van der Waals surface area contributed by atoms with Gasteiger partial charge in [-0.15, -0.1) is 0 Å². The van der Waals surface area contributed by atoms with E-state index in [1.807, 2.05) is 18.4 Å². The summed E-state index contributed by atoms with van der Waals surface area (Å²) in [5, 5.41) is 0. The Labute approximate surface area is 286 Å². The van der Waals surface area contributed by atoms with Crippen molar-refractivity contribution in [3.63, 3.8) is 0 Å². The molecule has 1 aromatic heterocycles. The van der Waals surface area contributed by atoms with Crippen molar-refractivity contribution >= 4 is 22.4 Å². The number of hydrogen-bond acceptors (Lipinski definition) is 8. The summed E-state index contributed by atoms with van der Waals surface area (Å²) in [6.07, 6.45) is 32.5. The van der Waals surface area contributed by atoms with Gasteiger partial charge in [0, 0.05) is 32.1 Å². The van der Waals surface area contributed by atoms with Crippen molar-refractivity contribution in [2.45, 2.75) is 116 Å². The minimum atomic E-state index is -1.19. The van der Waals surface area contributed by atoms with E-state index in [9.17, 15) is 9.11 Å². The molecule has 3 unspecified atom stereocenters. The first-order valence-corrected chi connectivity index (χ1v) is 21.0. The molecule has 0 spiro atoms. The van der Waals surface area contributed by atoms with E-state index < -0.39 is 28.5 Å². The van der Waals surface area contributed by atoms with Crippen LogP contribution in [0.3, 0.4) is 0 Å². The second kappa shape index (κ2) is 29.8. The molecule has 2 heterocycles. The van der Waals surface area contributed by atoms with Gasteiger partial charge in [0.05, 0.1) is 19.8 Å². The molecule has 0 radical (unpaired) electrons. The van der Waals surface area contributed by atoms with Gasteiger partial charge in [0.15, 0.2) is 6.10 Å². The second-order valence-corrected chi connectivity index (χ2v) is 15.5. The highest BCUT2D eigenvalue weighted by Crippen LogP contribution is 2.14. The topological polar surface area (TPSA) is 103 Å². The molecule has 1 aliphatic heterocycles. The quantitative estimate of drug-likeness (QED) is 0.0573. The third-order valence-electron chi connectivity index (χ3n) is 8.03. The predicted molar refractivity (Wildman–Crippen MR) is 193 cm³/mol. The first kappa shape index (κ1) is 40.9. The van der Waals surface area contributed by atoms with E-state index in [0.717, 1.165) is 19.5 Å². The van der Waals surface area contributed by atoms with Crippen LogP contribution >= 0.6 is 0 Å². The number of unbranched alkanes of at least 4 members (excludes halogenated alkanes) is 15. The molecular weight excluding hydrogens is 619 g/mol. The van der Waals surface area contributed by atoms with Crippen LogP contribution in [0, 0.1) is 0 Å². The molecule has 2 rings (SSSR count). The number of nitrogens with zero attached hydrogens (tertiary/aromatic N) is 3. The summed E-state index contributed by atoms with van der Waals surface area (Å²) in [6, 6.07) is 1.99. The summed E-state index contributed by atoms with van der Waals surface area (Å²) in [6.45, 7) is 6.02. The third-order valence-corrected chi connectivity index (χ3v) is 11.0. The Balaban J connectivity index is 1.48. The lowest BCUT2D eigenvalue weighted by Gasteiger charge is -2.21. The molecule has 46 heavy (non-hydrogen) atoms. The number of ether oxygens (including phenoxy) is 3. The highest BCUT2D eigenvalue weighted by Gasteiger charge is 2.22. The second-order valence-electron chi connectivity index (χ2n) is 12.2. The van der Waals surface area contributed by atoms with Gasteiger partial charge in [0.2, 0.25) is 0 Å². The van der Waals surface area contributed by atoms with Crippen molar-refractivity contribution in [3.8, 4) is 6.01 Å². The molecule has 0 bridgehead atoms. The van der Waals surface area contributed by atoms with Crippen LogP contribution in [0.2, 0.25) is 0 Å². The lowest BCUT2D eigenvalue weighted by Crippen LogP contribution is -2.34. The molecule has 0 fully saturated rings. The average Bonchev–Trinajstić information content (AvgIpc) is 3.07. The maximum Gasteiger partial charge on any atom is 0.316 e. The zero-order chi connectivity index (χ0) is 32.8. The molecule has 8 nitrogen and oxygen atoms in total. The third kappa shape index (κ3) is 23.9. The van der Waals surface area contributed by atoms with Crippen LogP contribution in [0.4, 0.5) is 0 Å². The summed E-state index contributed by atoms with van der Waals surface area (Å²) in [5.41, 5.74) is 0. The van der Waals surface area contributed by atoms with Gasteiger partial charge in [-0.2, -0.15) is 0 Å². The van der Waals surface area contributed by atoms with Crippen LogP contribution in [0.15, 0.2) is 42.9 Å². The van der Waals surface area contributed by atoms with E-state index in [0.29, 0.717) is 49.4 Å². The van der Waals surface area contributed by atoms with Crippen molar-refractivity contribution in [2.75, 3.05) is 62.5 Å². The molecule has 0 amide bonds. The molecule has 0 saturated heterocycles. The lowest BCUT2D eigenvalue weighted by molar-refractivity contribution is 0.0534. The molecule has 3 atom stereocenters. The summed E-state index contributed by atoms with van der Waals surface area (Å²) >= 11 is -2.26. The Kier molecular flexibility index (Phi) is 26.5. The molecular formula is C36H63N3O5S2. The fraction of sp³-hybridized carbons (Fsp3) is 0.778. The first-order valence-electron chi connectivity index (χ1n) is 18.0. The Morgan fingerprint density at radius 3 is 1.93 bits per heavy atom. The van der Waals surface area contributed by atoms with E-state index in [1.165, 1.54) is 96.3 Å². The number of rotatable bonds is 32. The van der Waals surface area contributed by atoms with Crippen LogP contribution < -0.4 is 4.74 Å². The zero-order valence-electron chi connectivity index (χ0n) is 28.7. The Hall–Kier alpha value is -1.30. The Morgan fingerprint density at radius 1 is 0.717 bits per heavy atom. The van der Waals surface area contributed by atoms with E-state index >= 15 is 0 Å². The van der Waals surface area contributed by atoms with Crippen molar-refractivity contribution in [2.24, 2.45) is 0 Å². The molecule has 0 aromatic carbocycles. The van der Waals surface area contributed by atoms with E-state index in [4.69, 9.17) is 14.2 Å². The van der Waals surface area contributed by atoms with Crippen molar-refractivity contribution in [3.05, 3.63) is 42.9 Å². The maximum absolute atomic E-state index is 12.8. The number of hydrogen-bond donors (Lipinski definition) is 0. The van der Waals surface area contributed by atoms with Crippen molar-refractivity contribution in [1.29, 1.82) is 0 Å². The van der Waals surface area contributed by atoms with Gasteiger partial charge in [-0.25, -0.2) is 9.97 Å². The molecule has 1 aromatic rings. The van der Waals surface area contributed by atoms with Gasteiger partial charge in [-0.3, -0.25) is 0 Å². The molecule has 0 aliphatic carbocycles. The standard InChI is InChI=1S/C36H63N3O5S2/c1-2-3-4-5-6-7-8-9-10-11-12-13-14-15-16-20-27-43-33-35(44-36-37-22-21-23-38-36)34-46(41)32-31-45(40)30-29-42-28-26-39-24-18-17-19-25-39/h17-19,21-24,35H,2-16,20,25-34H2,1H3. The largest absolute Gasteiger partial charge is 0.616 e. The van der Waals surface area contributed by atoms with Gasteiger partial charge in [-0.1, -0.05) is 115 Å². The minimum Gasteiger partial charge on any atom is -0.616 e. The van der Waals surface area contributed by atoms with Crippen LogP contribution in [-0.2, 0) is 31.8 Å². The van der Waals surface area contributed by atoms with Crippen molar-refractivity contribution in [1.82, 2.24) is 14.9 Å². The molecule has 0 saturated carbocycles. The van der Waals surface area contributed by atoms with Crippen LogP contribution in [0.1, 0.15) is 110 Å². The van der Waals surface area contributed by atoms with E-state index in [2.05, 4.69) is 27.9 Å². The highest BCUT2D eigenvalue weighted by molar-refractivity contribution is 7.95. The van der Waals surface area contributed by atoms with Gasteiger partial charge in [0.1, 0.15) is 23.0 Å². The zero-order valence-corrected chi connectivity index (χ0v) is 30.3. The van der Waals surface area contributed by atoms with Crippen LogP contribution in [-0.4, -0.2) is 92.6 Å². The number of allylic oxidation sites excluding steroid dienone is 2. The summed E-state index contributed by atoms with van der Waals surface area (Å²) in [5.74, 6) is 1.48. The smallest absolute Gasteiger partial charge is 0.316 e. The number of aromatic nitrogens is 2. The van der Waals surface area contributed by atoms with Gasteiger partial charge in [-0.05, 0) is 47.1 Å². The SMILES string of the molecule is CCCCCCCCCCCCCCCCCCOCC(C[S+]([O-])CC[S+]([O-])CCOCCN1C=CC=CC1)Oc1ncccn1. The minimum absolute atomic E-state index is 0.257. The highest BCUT2D eigenvalue weighted by atomic mass is 32.2. The predicted octanol–water partition coefficient (Wildman–Crippen LogP) is 7.40. The molecule has 1 aliphatic rings. The maximum atomic E-state index is 12.8. The van der Waals surface area contributed by atoms with Crippen molar-refractivity contribution < 1.29 is 23.3 Å². The van der Waals surface area contributed by atoms with Crippen LogP contribution in [0.25, 0.3) is 0 Å². The van der Waals surface area contributed by atoms with Crippen LogP contribution in [0.5, 0.6) is 6.01 Å². The summed E-state index contributed by atoms with van der Waals surface area (Å²) in [4.78, 5) is 10.5. The van der Waals surface area contributed by atoms with E-state index in [-0.39, 0.29) is 6.01 Å². The van der Waals surface area contributed by atoms with Gasteiger partial charge >= 0.3 is 6.01 Å². The van der Waals surface area contributed by atoms with E-state index in [1.54, 1.807) is 18.5 Å². The normalized spacial score (nSPS) is 14.9. The summed E-state index contributed by atoms with van der Waals surface area (Å²) in [7, 11) is 0. The lowest BCUT2D eigenvalue weighted by atomic mass is 10.0. The average molecular weight is 682 g/mol. The summed E-state index contributed by atoms with van der Waals surface area (Å²) < 4.78 is 42.8. The fourth-order valence-corrected chi connectivity index (χ4v) is 8.01. The Morgan fingerprint density at radius 2 is 1.33 bits per heavy atom. The fourth-order valence-electron chi connectivity index (χ4n) is 5.27. The van der Waals surface area contributed by atoms with Gasteiger partial charge < -0.3 is 28.2 Å². The Bertz CT molecular complexity index is 867.